The van der Waals surface area contributed by atoms with Crippen LogP contribution in [0.1, 0.15) is 28.3 Å². The molecule has 2 nitrogen and oxygen atoms in total. The van der Waals surface area contributed by atoms with Crippen LogP contribution in [-0.4, -0.2) is 19.0 Å². The highest BCUT2D eigenvalue weighted by Crippen LogP contribution is 2.20. The van der Waals surface area contributed by atoms with Crippen LogP contribution in [0, 0.1) is 6.92 Å². The molecule has 0 saturated carbocycles. The molecule has 100 valence electrons. The van der Waals surface area contributed by atoms with E-state index in [0.717, 1.165) is 17.7 Å². The number of hydrogen-bond donors (Lipinski definition) is 1. The Morgan fingerprint density at radius 3 is 1.84 bits per heavy atom. The molecule has 0 amide bonds. The summed E-state index contributed by atoms with van der Waals surface area (Å²) >= 11 is 0. The second kappa shape index (κ2) is 6.00. The second-order valence-electron chi connectivity index (χ2n) is 5.37. The maximum absolute atomic E-state index is 6.31. The predicted octanol–water partition coefficient (Wildman–Crippen LogP) is 3.10. The molecule has 0 fully saturated rings. The molecule has 2 heteroatoms. The molecule has 0 radical (unpaired) electrons. The van der Waals surface area contributed by atoms with Gasteiger partial charge in [0.1, 0.15) is 0 Å². The number of hydrogen-bond acceptors (Lipinski definition) is 2. The van der Waals surface area contributed by atoms with Crippen molar-refractivity contribution in [3.05, 3.63) is 70.8 Å². The van der Waals surface area contributed by atoms with Crippen molar-refractivity contribution in [2.45, 2.75) is 19.5 Å². The summed E-state index contributed by atoms with van der Waals surface area (Å²) in [6.07, 6.45) is 0. The van der Waals surface area contributed by atoms with Crippen molar-refractivity contribution in [1.29, 1.82) is 0 Å². The Labute approximate surface area is 115 Å². The van der Waals surface area contributed by atoms with Crippen molar-refractivity contribution >= 4 is 0 Å². The Morgan fingerprint density at radius 1 is 0.895 bits per heavy atom. The van der Waals surface area contributed by atoms with E-state index in [-0.39, 0.29) is 6.04 Å². The molecule has 0 heterocycles. The predicted molar refractivity (Wildman–Crippen MR) is 81.0 cm³/mol. The van der Waals surface area contributed by atoms with Gasteiger partial charge in [-0.3, -0.25) is 0 Å². The van der Waals surface area contributed by atoms with Crippen LogP contribution in [0.2, 0.25) is 0 Å². The van der Waals surface area contributed by atoms with Gasteiger partial charge in [0.15, 0.2) is 0 Å². The number of nitrogens with two attached hydrogens (primary N) is 1. The molecule has 1 atom stereocenters. The van der Waals surface area contributed by atoms with Crippen LogP contribution in [0.3, 0.4) is 0 Å². The first-order valence-corrected chi connectivity index (χ1v) is 6.62. The maximum atomic E-state index is 6.31. The van der Waals surface area contributed by atoms with E-state index in [9.17, 15) is 0 Å². The molecule has 2 aromatic carbocycles. The highest BCUT2D eigenvalue weighted by molar-refractivity contribution is 5.34. The molecule has 0 aliphatic carbocycles. The first kappa shape index (κ1) is 13.8. The average molecular weight is 254 g/mol. The Balaban J connectivity index is 2.15. The van der Waals surface area contributed by atoms with Gasteiger partial charge in [-0.05, 0) is 37.7 Å². The zero-order valence-corrected chi connectivity index (χ0v) is 11.9. The van der Waals surface area contributed by atoms with Gasteiger partial charge in [-0.1, -0.05) is 54.1 Å². The normalized spacial score (nSPS) is 12.7. The first-order valence-electron chi connectivity index (χ1n) is 6.62. The molecule has 0 aromatic heterocycles. The van der Waals surface area contributed by atoms with Gasteiger partial charge in [0.05, 0.1) is 6.04 Å². The van der Waals surface area contributed by atoms with E-state index in [1.54, 1.807) is 0 Å². The van der Waals surface area contributed by atoms with Crippen molar-refractivity contribution in [2.75, 3.05) is 14.1 Å². The molecule has 0 aliphatic rings. The van der Waals surface area contributed by atoms with Gasteiger partial charge in [0, 0.05) is 6.54 Å². The smallest absolute Gasteiger partial charge is 0.0551 e. The van der Waals surface area contributed by atoms with E-state index in [1.165, 1.54) is 11.1 Å². The summed E-state index contributed by atoms with van der Waals surface area (Å²) in [6, 6.07) is 16.9. The zero-order valence-electron chi connectivity index (χ0n) is 11.9. The average Bonchev–Trinajstić information content (AvgIpc) is 2.39. The lowest BCUT2D eigenvalue weighted by Crippen LogP contribution is -2.13. The highest BCUT2D eigenvalue weighted by Gasteiger charge is 2.08. The highest BCUT2D eigenvalue weighted by atomic mass is 15.0. The van der Waals surface area contributed by atoms with Crippen LogP contribution >= 0.6 is 0 Å². The van der Waals surface area contributed by atoms with Gasteiger partial charge in [0.2, 0.25) is 0 Å². The minimum Gasteiger partial charge on any atom is -0.320 e. The number of rotatable bonds is 4. The quantitative estimate of drug-likeness (QED) is 0.908. The third kappa shape index (κ3) is 3.66. The third-order valence-electron chi connectivity index (χ3n) is 3.27. The van der Waals surface area contributed by atoms with E-state index in [1.807, 2.05) is 0 Å². The summed E-state index contributed by atoms with van der Waals surface area (Å²) in [4.78, 5) is 2.16. The summed E-state index contributed by atoms with van der Waals surface area (Å²) in [5.74, 6) is 0. The summed E-state index contributed by atoms with van der Waals surface area (Å²) in [5, 5.41) is 0. The molecule has 2 aromatic rings. The monoisotopic (exact) mass is 254 g/mol. The molecule has 19 heavy (non-hydrogen) atoms. The Morgan fingerprint density at radius 2 is 1.37 bits per heavy atom. The van der Waals surface area contributed by atoms with Crippen LogP contribution in [-0.2, 0) is 6.54 Å². The standard InChI is InChI=1S/C17H22N2/c1-13-4-8-15(9-5-13)17(18)16-10-6-14(7-11-16)12-19(2)3/h4-11,17H,12,18H2,1-3H3. The van der Waals surface area contributed by atoms with Gasteiger partial charge in [0.25, 0.3) is 0 Å². The lowest BCUT2D eigenvalue weighted by molar-refractivity contribution is 0.402. The lowest BCUT2D eigenvalue weighted by Gasteiger charge is -2.14. The van der Waals surface area contributed by atoms with Crippen LogP contribution in [0.4, 0.5) is 0 Å². The fourth-order valence-corrected chi connectivity index (χ4v) is 2.16. The maximum Gasteiger partial charge on any atom is 0.0551 e. The molecule has 0 saturated heterocycles. The van der Waals surface area contributed by atoms with Crippen molar-refractivity contribution in [3.8, 4) is 0 Å². The molecule has 0 aliphatic heterocycles. The summed E-state index contributed by atoms with van der Waals surface area (Å²) < 4.78 is 0. The second-order valence-corrected chi connectivity index (χ2v) is 5.37. The SMILES string of the molecule is Cc1ccc(C(N)c2ccc(CN(C)C)cc2)cc1. The fourth-order valence-electron chi connectivity index (χ4n) is 2.16. The van der Waals surface area contributed by atoms with E-state index in [0.29, 0.717) is 0 Å². The minimum atomic E-state index is -0.0472. The van der Waals surface area contributed by atoms with Crippen LogP contribution in [0.5, 0.6) is 0 Å². The molecule has 2 N–H and O–H groups in total. The molecular formula is C17H22N2. The largest absolute Gasteiger partial charge is 0.320 e. The zero-order chi connectivity index (χ0) is 13.8. The Kier molecular flexibility index (Phi) is 4.35. The van der Waals surface area contributed by atoms with Gasteiger partial charge in [-0.2, -0.15) is 0 Å². The van der Waals surface area contributed by atoms with E-state index >= 15 is 0 Å². The summed E-state index contributed by atoms with van der Waals surface area (Å²) in [7, 11) is 4.15. The number of aryl methyl sites for hydroxylation is 1. The van der Waals surface area contributed by atoms with Gasteiger partial charge < -0.3 is 10.6 Å². The van der Waals surface area contributed by atoms with Crippen molar-refractivity contribution in [3.63, 3.8) is 0 Å². The van der Waals surface area contributed by atoms with Crippen LogP contribution < -0.4 is 5.73 Å². The molecule has 0 bridgehead atoms. The molecule has 1 unspecified atom stereocenters. The van der Waals surface area contributed by atoms with Crippen molar-refractivity contribution in [1.82, 2.24) is 4.90 Å². The van der Waals surface area contributed by atoms with Crippen molar-refractivity contribution in [2.24, 2.45) is 5.73 Å². The van der Waals surface area contributed by atoms with Gasteiger partial charge in [-0.25, -0.2) is 0 Å². The first-order chi connectivity index (χ1) is 9.06. The van der Waals surface area contributed by atoms with E-state index in [4.69, 9.17) is 5.73 Å². The van der Waals surface area contributed by atoms with E-state index < -0.39 is 0 Å². The third-order valence-corrected chi connectivity index (χ3v) is 3.27. The number of benzene rings is 2. The number of nitrogens with zero attached hydrogens (tertiary/aromatic N) is 1. The topological polar surface area (TPSA) is 29.3 Å². The molecular weight excluding hydrogens is 232 g/mol. The Hall–Kier alpha value is -1.64. The molecule has 2 rings (SSSR count). The van der Waals surface area contributed by atoms with Crippen molar-refractivity contribution < 1.29 is 0 Å². The van der Waals surface area contributed by atoms with Gasteiger partial charge >= 0.3 is 0 Å². The molecule has 0 spiro atoms. The van der Waals surface area contributed by atoms with Crippen LogP contribution in [0.15, 0.2) is 48.5 Å². The van der Waals surface area contributed by atoms with Crippen LogP contribution in [0.25, 0.3) is 0 Å². The summed E-state index contributed by atoms with van der Waals surface area (Å²) in [6.45, 7) is 3.05. The summed E-state index contributed by atoms with van der Waals surface area (Å²) in [5.41, 5.74) is 11.2. The minimum absolute atomic E-state index is 0.0472. The fraction of sp³-hybridized carbons (Fsp3) is 0.294. The lowest BCUT2D eigenvalue weighted by atomic mass is 9.98. The van der Waals surface area contributed by atoms with E-state index in [2.05, 4.69) is 74.4 Å². The van der Waals surface area contributed by atoms with Gasteiger partial charge in [-0.15, -0.1) is 0 Å². The Bertz CT molecular complexity index is 512.